The normalized spacial score (nSPS) is 18.6. The molecule has 0 saturated heterocycles. The van der Waals surface area contributed by atoms with Crippen molar-refractivity contribution in [2.45, 2.75) is 71.1 Å². The third-order valence-corrected chi connectivity index (χ3v) is 4.81. The second kappa shape index (κ2) is 4.60. The van der Waals surface area contributed by atoms with Crippen LogP contribution in [0.2, 0.25) is 0 Å². The first kappa shape index (κ1) is 12.1. The maximum Gasteiger partial charge on any atom is 0.0384 e. The van der Waals surface area contributed by atoms with Gasteiger partial charge in [-0.1, -0.05) is 13.8 Å². The van der Waals surface area contributed by atoms with Crippen molar-refractivity contribution in [3.63, 3.8) is 0 Å². The van der Waals surface area contributed by atoms with Gasteiger partial charge in [-0.3, -0.25) is 0 Å². The van der Waals surface area contributed by atoms with Crippen molar-refractivity contribution in [2.24, 2.45) is 0 Å². The van der Waals surface area contributed by atoms with E-state index in [0.29, 0.717) is 5.92 Å². The second-order valence-corrected chi connectivity index (χ2v) is 6.31. The first-order valence-corrected chi connectivity index (χ1v) is 7.65. The van der Waals surface area contributed by atoms with Gasteiger partial charge in [0.15, 0.2) is 0 Å². The van der Waals surface area contributed by atoms with Crippen molar-refractivity contribution in [2.75, 3.05) is 5.73 Å². The van der Waals surface area contributed by atoms with Crippen LogP contribution in [0.15, 0.2) is 0 Å². The fourth-order valence-electron chi connectivity index (χ4n) is 4.06. The van der Waals surface area contributed by atoms with Crippen LogP contribution in [-0.2, 0) is 25.7 Å². The maximum absolute atomic E-state index is 6.49. The van der Waals surface area contributed by atoms with Crippen molar-refractivity contribution in [3.05, 3.63) is 27.8 Å². The molecule has 1 nitrogen and oxygen atoms in total. The number of nitrogens with two attached hydrogens (primary N) is 1. The molecule has 1 aromatic carbocycles. The molecule has 2 aliphatic rings. The minimum absolute atomic E-state index is 0.657. The van der Waals surface area contributed by atoms with Gasteiger partial charge in [-0.2, -0.15) is 0 Å². The summed E-state index contributed by atoms with van der Waals surface area (Å²) in [4.78, 5) is 0. The lowest BCUT2D eigenvalue weighted by Crippen LogP contribution is -2.18. The lowest BCUT2D eigenvalue weighted by atomic mass is 9.75. The lowest BCUT2D eigenvalue weighted by molar-refractivity contribution is 0.638. The highest BCUT2D eigenvalue weighted by atomic mass is 14.6. The molecule has 0 unspecified atom stereocenters. The zero-order valence-corrected chi connectivity index (χ0v) is 11.8. The Morgan fingerprint density at radius 3 is 1.50 bits per heavy atom. The van der Waals surface area contributed by atoms with Gasteiger partial charge in [-0.25, -0.2) is 0 Å². The topological polar surface area (TPSA) is 26.0 Å². The number of anilines is 1. The molecular formula is C17H25N. The van der Waals surface area contributed by atoms with E-state index in [0.717, 1.165) is 0 Å². The van der Waals surface area contributed by atoms with Crippen molar-refractivity contribution in [1.29, 1.82) is 0 Å². The van der Waals surface area contributed by atoms with E-state index in [1.165, 1.54) is 68.2 Å². The summed E-state index contributed by atoms with van der Waals surface area (Å²) in [6.07, 6.45) is 10.3. The molecule has 0 heterocycles. The molecule has 0 saturated carbocycles. The number of hydrogen-bond donors (Lipinski definition) is 1. The summed E-state index contributed by atoms with van der Waals surface area (Å²) in [5.41, 5.74) is 15.6. The number of benzene rings is 1. The standard InChI is InChI=1S/C17H25N/c1-11(2)16-12-7-3-5-9-14(12)17(18)15-10-6-4-8-13(15)16/h11H,3-10,18H2,1-2H3. The minimum Gasteiger partial charge on any atom is -0.398 e. The SMILES string of the molecule is CC(C)c1c2c(c(N)c3c1CCCC3)CCCC2. The summed E-state index contributed by atoms with van der Waals surface area (Å²) < 4.78 is 0. The molecule has 18 heavy (non-hydrogen) atoms. The first-order chi connectivity index (χ1) is 8.70. The summed E-state index contributed by atoms with van der Waals surface area (Å²) >= 11 is 0. The van der Waals surface area contributed by atoms with Crippen molar-refractivity contribution in [1.82, 2.24) is 0 Å². The summed E-state index contributed by atoms with van der Waals surface area (Å²) in [6, 6.07) is 0. The lowest BCUT2D eigenvalue weighted by Gasteiger charge is -2.31. The van der Waals surface area contributed by atoms with E-state index in [-0.39, 0.29) is 0 Å². The molecule has 0 atom stereocenters. The van der Waals surface area contributed by atoms with Crippen LogP contribution in [0.1, 0.15) is 73.3 Å². The molecule has 0 spiro atoms. The Balaban J connectivity index is 2.27. The van der Waals surface area contributed by atoms with Gasteiger partial charge in [0.2, 0.25) is 0 Å². The maximum atomic E-state index is 6.49. The smallest absolute Gasteiger partial charge is 0.0384 e. The number of rotatable bonds is 1. The quantitative estimate of drug-likeness (QED) is 0.737. The van der Waals surface area contributed by atoms with E-state index in [9.17, 15) is 0 Å². The summed E-state index contributed by atoms with van der Waals surface area (Å²) in [7, 11) is 0. The Labute approximate surface area is 111 Å². The van der Waals surface area contributed by atoms with E-state index < -0.39 is 0 Å². The van der Waals surface area contributed by atoms with Gasteiger partial charge in [-0.15, -0.1) is 0 Å². The molecule has 1 heteroatoms. The number of nitrogen functional groups attached to an aromatic ring is 1. The molecule has 1 aromatic rings. The highest BCUT2D eigenvalue weighted by Crippen LogP contribution is 2.41. The van der Waals surface area contributed by atoms with Gasteiger partial charge >= 0.3 is 0 Å². The highest BCUT2D eigenvalue weighted by Gasteiger charge is 2.26. The molecule has 0 fully saturated rings. The molecule has 0 radical (unpaired) electrons. The predicted molar refractivity (Wildman–Crippen MR) is 78.2 cm³/mol. The Morgan fingerprint density at radius 2 is 1.11 bits per heavy atom. The third kappa shape index (κ3) is 1.75. The third-order valence-electron chi connectivity index (χ3n) is 4.81. The van der Waals surface area contributed by atoms with Crippen LogP contribution >= 0.6 is 0 Å². The van der Waals surface area contributed by atoms with Gasteiger partial charge in [0.25, 0.3) is 0 Å². The van der Waals surface area contributed by atoms with Crippen LogP contribution in [0.4, 0.5) is 5.69 Å². The molecule has 3 rings (SSSR count). The fraction of sp³-hybridized carbons (Fsp3) is 0.647. The molecule has 2 N–H and O–H groups in total. The second-order valence-electron chi connectivity index (χ2n) is 6.31. The largest absolute Gasteiger partial charge is 0.398 e. The van der Waals surface area contributed by atoms with E-state index in [1.54, 1.807) is 16.7 Å². The molecule has 0 bridgehead atoms. The number of fused-ring (bicyclic) bond motifs is 2. The summed E-state index contributed by atoms with van der Waals surface area (Å²) in [5.74, 6) is 0.657. The van der Waals surface area contributed by atoms with Crippen LogP contribution < -0.4 is 5.73 Å². The van der Waals surface area contributed by atoms with Crippen LogP contribution in [0, 0.1) is 0 Å². The number of hydrogen-bond acceptors (Lipinski definition) is 1. The fourth-order valence-corrected chi connectivity index (χ4v) is 4.06. The minimum atomic E-state index is 0.657. The molecule has 0 amide bonds. The zero-order chi connectivity index (χ0) is 12.7. The van der Waals surface area contributed by atoms with Gasteiger partial charge in [0.05, 0.1) is 0 Å². The van der Waals surface area contributed by atoms with E-state index >= 15 is 0 Å². The Bertz CT molecular complexity index is 434. The predicted octanol–water partition coefficient (Wildman–Crippen LogP) is 4.15. The molecule has 0 aliphatic heterocycles. The van der Waals surface area contributed by atoms with Crippen molar-refractivity contribution < 1.29 is 0 Å². The average Bonchev–Trinajstić information content (AvgIpc) is 2.39. The summed E-state index contributed by atoms with van der Waals surface area (Å²) in [5, 5.41) is 0. The molecule has 0 aromatic heterocycles. The first-order valence-electron chi connectivity index (χ1n) is 7.65. The monoisotopic (exact) mass is 243 g/mol. The highest BCUT2D eigenvalue weighted by molar-refractivity contribution is 5.65. The van der Waals surface area contributed by atoms with E-state index in [2.05, 4.69) is 13.8 Å². The van der Waals surface area contributed by atoms with Gasteiger partial charge in [0.1, 0.15) is 0 Å². The molecule has 98 valence electrons. The zero-order valence-electron chi connectivity index (χ0n) is 11.8. The van der Waals surface area contributed by atoms with Crippen molar-refractivity contribution in [3.8, 4) is 0 Å². The van der Waals surface area contributed by atoms with Crippen molar-refractivity contribution >= 4 is 5.69 Å². The van der Waals surface area contributed by atoms with E-state index in [4.69, 9.17) is 5.73 Å². The Hall–Kier alpha value is -0.980. The van der Waals surface area contributed by atoms with Gasteiger partial charge < -0.3 is 5.73 Å². The molecular weight excluding hydrogens is 218 g/mol. The molecule has 2 aliphatic carbocycles. The summed E-state index contributed by atoms with van der Waals surface area (Å²) in [6.45, 7) is 4.71. The van der Waals surface area contributed by atoms with E-state index in [1.807, 2.05) is 0 Å². The Kier molecular flexibility index (Phi) is 3.09. The Morgan fingerprint density at radius 1 is 0.722 bits per heavy atom. The van der Waals surface area contributed by atoms with Crippen LogP contribution in [0.5, 0.6) is 0 Å². The van der Waals surface area contributed by atoms with Crippen LogP contribution in [0.3, 0.4) is 0 Å². The van der Waals surface area contributed by atoms with Gasteiger partial charge in [0, 0.05) is 5.69 Å². The van der Waals surface area contributed by atoms with Crippen LogP contribution in [-0.4, -0.2) is 0 Å². The van der Waals surface area contributed by atoms with Gasteiger partial charge in [-0.05, 0) is 85.1 Å². The average molecular weight is 243 g/mol. The van der Waals surface area contributed by atoms with Crippen LogP contribution in [0.25, 0.3) is 0 Å².